The SMILES string of the molecule is Cc1cc2occ(CC(=O)N(C)[C@H](C)c3ccc(S(C)(=O)=O)cc3)c2cc1C(C)C. The zero-order valence-electron chi connectivity index (χ0n) is 18.4. The minimum Gasteiger partial charge on any atom is -0.464 e. The van der Waals surface area contributed by atoms with Crippen LogP contribution in [0.2, 0.25) is 0 Å². The number of aryl methyl sites for hydroxylation is 1. The number of likely N-dealkylation sites (N-methyl/N-ethyl adjacent to an activating group) is 1. The van der Waals surface area contributed by atoms with Gasteiger partial charge in [-0.25, -0.2) is 8.42 Å². The van der Waals surface area contributed by atoms with Gasteiger partial charge < -0.3 is 9.32 Å². The average Bonchev–Trinajstić information content (AvgIpc) is 3.06. The van der Waals surface area contributed by atoms with Crippen molar-refractivity contribution in [1.82, 2.24) is 4.90 Å². The fourth-order valence-corrected chi connectivity index (χ4v) is 4.35. The minimum atomic E-state index is -3.24. The van der Waals surface area contributed by atoms with Crippen LogP contribution in [0.15, 0.2) is 52.0 Å². The zero-order valence-corrected chi connectivity index (χ0v) is 19.2. The van der Waals surface area contributed by atoms with E-state index >= 15 is 0 Å². The van der Waals surface area contributed by atoms with E-state index in [9.17, 15) is 13.2 Å². The van der Waals surface area contributed by atoms with Crippen LogP contribution in [-0.2, 0) is 21.1 Å². The van der Waals surface area contributed by atoms with Crippen molar-refractivity contribution in [2.75, 3.05) is 13.3 Å². The first-order valence-corrected chi connectivity index (χ1v) is 11.9. The molecule has 0 spiro atoms. The quantitative estimate of drug-likeness (QED) is 0.553. The molecule has 0 saturated carbocycles. The summed E-state index contributed by atoms with van der Waals surface area (Å²) >= 11 is 0. The molecule has 0 unspecified atom stereocenters. The number of amides is 1. The molecule has 3 rings (SSSR count). The Hall–Kier alpha value is -2.60. The lowest BCUT2D eigenvalue weighted by Crippen LogP contribution is -2.30. The third kappa shape index (κ3) is 4.43. The van der Waals surface area contributed by atoms with Crippen LogP contribution in [0.5, 0.6) is 0 Å². The van der Waals surface area contributed by atoms with Crippen molar-refractivity contribution in [3.63, 3.8) is 0 Å². The lowest BCUT2D eigenvalue weighted by Gasteiger charge is -2.25. The van der Waals surface area contributed by atoms with E-state index in [-0.39, 0.29) is 23.3 Å². The molecule has 5 nitrogen and oxygen atoms in total. The number of carbonyl (C=O) groups excluding carboxylic acids is 1. The van der Waals surface area contributed by atoms with Crippen molar-refractivity contribution in [3.8, 4) is 0 Å². The summed E-state index contributed by atoms with van der Waals surface area (Å²) in [7, 11) is -1.47. The van der Waals surface area contributed by atoms with Gasteiger partial charge in [0.05, 0.1) is 23.6 Å². The predicted molar refractivity (Wildman–Crippen MR) is 119 cm³/mol. The summed E-state index contributed by atoms with van der Waals surface area (Å²) < 4.78 is 29.0. The van der Waals surface area contributed by atoms with E-state index in [1.807, 2.05) is 13.0 Å². The van der Waals surface area contributed by atoms with Crippen LogP contribution in [0, 0.1) is 6.92 Å². The van der Waals surface area contributed by atoms with Crippen molar-refractivity contribution in [2.45, 2.75) is 51.0 Å². The Morgan fingerprint density at radius 1 is 1.10 bits per heavy atom. The molecular formula is C24H29NO4S. The Morgan fingerprint density at radius 3 is 2.30 bits per heavy atom. The summed E-state index contributed by atoms with van der Waals surface area (Å²) in [6, 6.07) is 10.7. The van der Waals surface area contributed by atoms with Gasteiger partial charge in [-0.1, -0.05) is 26.0 Å². The van der Waals surface area contributed by atoms with Gasteiger partial charge in [-0.15, -0.1) is 0 Å². The van der Waals surface area contributed by atoms with E-state index in [2.05, 4.69) is 26.8 Å². The van der Waals surface area contributed by atoms with Gasteiger partial charge in [0, 0.05) is 24.3 Å². The lowest BCUT2D eigenvalue weighted by molar-refractivity contribution is -0.131. The molecule has 3 aromatic rings. The Bertz CT molecular complexity index is 1170. The van der Waals surface area contributed by atoms with Crippen molar-refractivity contribution >= 4 is 26.7 Å². The summed E-state index contributed by atoms with van der Waals surface area (Å²) in [6.07, 6.45) is 3.10. The molecule has 1 heterocycles. The van der Waals surface area contributed by atoms with Gasteiger partial charge in [-0.3, -0.25) is 4.79 Å². The minimum absolute atomic E-state index is 0.0240. The van der Waals surface area contributed by atoms with E-state index in [0.717, 1.165) is 22.1 Å². The molecule has 0 aliphatic rings. The van der Waals surface area contributed by atoms with Crippen molar-refractivity contribution < 1.29 is 17.6 Å². The summed E-state index contributed by atoms with van der Waals surface area (Å²) in [4.78, 5) is 14.9. The van der Waals surface area contributed by atoms with E-state index in [0.29, 0.717) is 5.92 Å². The molecule has 30 heavy (non-hydrogen) atoms. The number of hydrogen-bond donors (Lipinski definition) is 0. The molecule has 160 valence electrons. The fourth-order valence-electron chi connectivity index (χ4n) is 3.72. The second-order valence-electron chi connectivity index (χ2n) is 8.32. The maximum absolute atomic E-state index is 13.0. The molecule has 1 atom stereocenters. The van der Waals surface area contributed by atoms with Crippen LogP contribution >= 0.6 is 0 Å². The van der Waals surface area contributed by atoms with Gasteiger partial charge in [-0.05, 0) is 60.7 Å². The van der Waals surface area contributed by atoms with Crippen LogP contribution in [0.3, 0.4) is 0 Å². The zero-order chi connectivity index (χ0) is 22.2. The number of fused-ring (bicyclic) bond motifs is 1. The first-order valence-electron chi connectivity index (χ1n) is 10.0. The van der Waals surface area contributed by atoms with E-state index in [1.54, 1.807) is 42.5 Å². The van der Waals surface area contributed by atoms with Crippen LogP contribution in [0.4, 0.5) is 0 Å². The molecule has 0 saturated heterocycles. The monoisotopic (exact) mass is 427 g/mol. The summed E-state index contributed by atoms with van der Waals surface area (Å²) in [5, 5.41) is 0.983. The largest absolute Gasteiger partial charge is 0.464 e. The number of benzene rings is 2. The van der Waals surface area contributed by atoms with Gasteiger partial charge in [0.1, 0.15) is 5.58 Å². The second kappa shape index (κ2) is 8.26. The van der Waals surface area contributed by atoms with Crippen LogP contribution < -0.4 is 0 Å². The van der Waals surface area contributed by atoms with Crippen molar-refractivity contribution in [1.29, 1.82) is 0 Å². The van der Waals surface area contributed by atoms with Gasteiger partial charge >= 0.3 is 0 Å². The highest BCUT2D eigenvalue weighted by molar-refractivity contribution is 7.90. The summed E-state index contributed by atoms with van der Waals surface area (Å²) in [5.74, 6) is 0.370. The topological polar surface area (TPSA) is 67.6 Å². The Balaban J connectivity index is 1.81. The number of carbonyl (C=O) groups is 1. The molecule has 1 aromatic heterocycles. The molecule has 0 bridgehead atoms. The van der Waals surface area contributed by atoms with E-state index in [1.165, 1.54) is 17.4 Å². The molecule has 0 radical (unpaired) electrons. The maximum Gasteiger partial charge on any atom is 0.227 e. The van der Waals surface area contributed by atoms with Crippen molar-refractivity contribution in [3.05, 3.63) is 64.9 Å². The van der Waals surface area contributed by atoms with Crippen LogP contribution in [0.25, 0.3) is 11.0 Å². The molecular weight excluding hydrogens is 398 g/mol. The fraction of sp³-hybridized carbons (Fsp3) is 0.375. The van der Waals surface area contributed by atoms with Crippen LogP contribution in [0.1, 0.15) is 55.0 Å². The molecule has 0 N–H and O–H groups in total. The summed E-state index contributed by atoms with van der Waals surface area (Å²) in [6.45, 7) is 8.32. The van der Waals surface area contributed by atoms with Gasteiger partial charge in [-0.2, -0.15) is 0 Å². The first-order chi connectivity index (χ1) is 14.0. The maximum atomic E-state index is 13.0. The average molecular weight is 428 g/mol. The van der Waals surface area contributed by atoms with Crippen LogP contribution in [-0.4, -0.2) is 32.5 Å². The number of hydrogen-bond acceptors (Lipinski definition) is 4. The first kappa shape index (κ1) is 22.1. The van der Waals surface area contributed by atoms with Gasteiger partial charge in [0.25, 0.3) is 0 Å². The Morgan fingerprint density at radius 2 is 1.73 bits per heavy atom. The molecule has 0 fully saturated rings. The molecule has 0 aliphatic carbocycles. The number of sulfone groups is 1. The number of rotatable bonds is 6. The molecule has 2 aromatic carbocycles. The highest BCUT2D eigenvalue weighted by Crippen LogP contribution is 2.30. The third-order valence-electron chi connectivity index (χ3n) is 5.77. The standard InChI is InChI=1S/C24H29NO4S/c1-15(2)21-13-22-19(14-29-23(22)11-16(21)3)12-24(26)25(5)17(4)18-7-9-20(10-8-18)30(6,27)28/h7-11,13-15,17H,12H2,1-6H3/t17-/m1/s1. The molecule has 0 aliphatic heterocycles. The molecule has 1 amide bonds. The lowest BCUT2D eigenvalue weighted by atomic mass is 9.95. The summed E-state index contributed by atoms with van der Waals surface area (Å²) in [5.41, 5.74) is 5.00. The number of nitrogens with zero attached hydrogens (tertiary/aromatic N) is 1. The number of furan rings is 1. The highest BCUT2D eigenvalue weighted by Gasteiger charge is 2.21. The Labute approximate surface area is 178 Å². The highest BCUT2D eigenvalue weighted by atomic mass is 32.2. The second-order valence-corrected chi connectivity index (χ2v) is 10.3. The van der Waals surface area contributed by atoms with Gasteiger partial charge in [0.2, 0.25) is 5.91 Å². The third-order valence-corrected chi connectivity index (χ3v) is 6.90. The predicted octanol–water partition coefficient (Wildman–Crippen LogP) is 5.03. The normalized spacial score (nSPS) is 13.0. The van der Waals surface area contributed by atoms with E-state index < -0.39 is 9.84 Å². The Kier molecular flexibility index (Phi) is 6.09. The smallest absolute Gasteiger partial charge is 0.227 e. The van der Waals surface area contributed by atoms with Gasteiger partial charge in [0.15, 0.2) is 9.84 Å². The van der Waals surface area contributed by atoms with E-state index in [4.69, 9.17) is 4.42 Å². The van der Waals surface area contributed by atoms with Crippen molar-refractivity contribution in [2.24, 2.45) is 0 Å². The molecule has 6 heteroatoms.